The van der Waals surface area contributed by atoms with Crippen LogP contribution in [0.25, 0.3) is 0 Å². The van der Waals surface area contributed by atoms with Crippen molar-refractivity contribution in [3.05, 3.63) is 23.5 Å². The standard InChI is InChI=1S/C5H4ClNO3S.Li/c6-5-4(11(8,9)10)2-1-3-7-5;/h1-3H,(H,8,9,10);/q;+1/p-1. The molecule has 0 aliphatic heterocycles. The average molecular weight is 200 g/mol. The largest absolute Gasteiger partial charge is 1.00 e. The first kappa shape index (κ1) is 11.9. The molecule has 0 atom stereocenters. The summed E-state index contributed by atoms with van der Waals surface area (Å²) in [5, 5.41) is -0.289. The maximum atomic E-state index is 10.4. The predicted octanol–water partition coefficient (Wildman–Crippen LogP) is -2.36. The third-order valence-corrected chi connectivity index (χ3v) is 2.28. The number of rotatable bonds is 1. The third-order valence-electron chi connectivity index (χ3n) is 0.994. The van der Waals surface area contributed by atoms with E-state index in [9.17, 15) is 13.0 Å². The predicted molar refractivity (Wildman–Crippen MR) is 37.2 cm³/mol. The van der Waals surface area contributed by atoms with E-state index in [0.717, 1.165) is 6.07 Å². The molecule has 0 unspecified atom stereocenters. The van der Waals surface area contributed by atoms with E-state index in [1.807, 2.05) is 0 Å². The van der Waals surface area contributed by atoms with Gasteiger partial charge >= 0.3 is 18.9 Å². The van der Waals surface area contributed by atoms with Gasteiger partial charge in [-0.25, -0.2) is 13.4 Å². The van der Waals surface area contributed by atoms with E-state index >= 15 is 0 Å². The zero-order chi connectivity index (χ0) is 8.48. The molecule has 0 bridgehead atoms. The van der Waals surface area contributed by atoms with Gasteiger partial charge < -0.3 is 4.55 Å². The molecule has 1 aromatic heterocycles. The summed E-state index contributed by atoms with van der Waals surface area (Å²) in [6, 6.07) is 2.44. The summed E-state index contributed by atoms with van der Waals surface area (Å²) < 4.78 is 31.1. The smallest absolute Gasteiger partial charge is 0.744 e. The molecular formula is C5H3ClLiNO3S. The van der Waals surface area contributed by atoms with E-state index in [0.29, 0.717) is 0 Å². The Morgan fingerprint density at radius 1 is 1.50 bits per heavy atom. The molecule has 0 amide bonds. The van der Waals surface area contributed by atoms with Crippen LogP contribution in [0, 0.1) is 0 Å². The van der Waals surface area contributed by atoms with Crippen molar-refractivity contribution in [1.82, 2.24) is 4.98 Å². The zero-order valence-electron chi connectivity index (χ0n) is 6.19. The molecule has 0 fully saturated rings. The molecule has 60 valence electrons. The summed E-state index contributed by atoms with van der Waals surface area (Å²) in [5.74, 6) is 0. The summed E-state index contributed by atoms with van der Waals surface area (Å²) >= 11 is 5.32. The van der Waals surface area contributed by atoms with Crippen LogP contribution in [0.2, 0.25) is 5.15 Å². The Hall–Kier alpha value is -0.0526. The van der Waals surface area contributed by atoms with Gasteiger partial charge in [0.1, 0.15) is 15.3 Å². The van der Waals surface area contributed by atoms with Crippen LogP contribution in [0.1, 0.15) is 0 Å². The van der Waals surface area contributed by atoms with Crippen molar-refractivity contribution < 1.29 is 31.8 Å². The first-order valence-corrected chi connectivity index (χ1v) is 4.37. The van der Waals surface area contributed by atoms with Gasteiger partial charge in [-0.3, -0.25) is 0 Å². The summed E-state index contributed by atoms with van der Waals surface area (Å²) in [5.41, 5.74) is 0. The van der Waals surface area contributed by atoms with Gasteiger partial charge in [-0.1, -0.05) is 11.6 Å². The number of hydrogen-bond donors (Lipinski definition) is 0. The summed E-state index contributed by atoms with van der Waals surface area (Å²) in [6.45, 7) is 0. The number of halogens is 1. The summed E-state index contributed by atoms with van der Waals surface area (Å²) in [6.07, 6.45) is 1.30. The SMILES string of the molecule is O=S(=O)([O-])c1cccnc1Cl.[Li+]. The molecule has 0 aliphatic rings. The Morgan fingerprint density at radius 2 is 2.08 bits per heavy atom. The van der Waals surface area contributed by atoms with Crippen LogP contribution in [0.15, 0.2) is 23.2 Å². The Kier molecular flexibility index (Phi) is 4.24. The number of nitrogens with zero attached hydrogens (tertiary/aromatic N) is 1. The van der Waals surface area contributed by atoms with Gasteiger partial charge in [-0.05, 0) is 12.1 Å². The third kappa shape index (κ3) is 2.77. The molecule has 7 heteroatoms. The minimum Gasteiger partial charge on any atom is -0.744 e. The monoisotopic (exact) mass is 199 g/mol. The maximum Gasteiger partial charge on any atom is 1.00 e. The summed E-state index contributed by atoms with van der Waals surface area (Å²) in [7, 11) is -4.48. The van der Waals surface area contributed by atoms with Crippen LogP contribution < -0.4 is 18.9 Å². The van der Waals surface area contributed by atoms with Crippen molar-refractivity contribution in [2.45, 2.75) is 4.90 Å². The van der Waals surface area contributed by atoms with Gasteiger partial charge in [0.25, 0.3) is 0 Å². The van der Waals surface area contributed by atoms with E-state index in [4.69, 9.17) is 11.6 Å². The number of aromatic nitrogens is 1. The average Bonchev–Trinajstić information content (AvgIpc) is 1.86. The molecule has 0 aromatic carbocycles. The topological polar surface area (TPSA) is 70.1 Å². The zero-order valence-corrected chi connectivity index (χ0v) is 7.76. The molecule has 4 nitrogen and oxygen atoms in total. The first-order valence-electron chi connectivity index (χ1n) is 2.58. The maximum absolute atomic E-state index is 10.4. The van der Waals surface area contributed by atoms with E-state index < -0.39 is 15.0 Å². The second-order valence-electron chi connectivity index (χ2n) is 1.75. The van der Waals surface area contributed by atoms with Gasteiger partial charge in [0, 0.05) is 6.20 Å². The van der Waals surface area contributed by atoms with Gasteiger partial charge in [-0.15, -0.1) is 0 Å². The van der Waals surface area contributed by atoms with Gasteiger partial charge in [-0.2, -0.15) is 0 Å². The normalized spacial score (nSPS) is 10.5. The van der Waals surface area contributed by atoms with Crippen molar-refractivity contribution in [2.75, 3.05) is 0 Å². The number of hydrogen-bond acceptors (Lipinski definition) is 4. The molecule has 0 saturated heterocycles. The number of pyridine rings is 1. The van der Waals surface area contributed by atoms with Crippen LogP contribution >= 0.6 is 11.6 Å². The molecule has 0 N–H and O–H groups in total. The van der Waals surface area contributed by atoms with Crippen molar-refractivity contribution in [3.63, 3.8) is 0 Å². The second kappa shape index (κ2) is 4.26. The summed E-state index contributed by atoms with van der Waals surface area (Å²) in [4.78, 5) is 2.95. The molecule has 0 saturated carbocycles. The minimum absolute atomic E-state index is 0. The van der Waals surface area contributed by atoms with Crippen molar-refractivity contribution in [2.24, 2.45) is 0 Å². The van der Waals surface area contributed by atoms with Crippen molar-refractivity contribution in [1.29, 1.82) is 0 Å². The quantitative estimate of drug-likeness (QED) is 0.288. The Bertz CT molecular complexity index is 367. The fourth-order valence-corrected chi connectivity index (χ4v) is 1.46. The van der Waals surface area contributed by atoms with E-state index in [1.54, 1.807) is 0 Å². The van der Waals surface area contributed by atoms with Gasteiger partial charge in [0.2, 0.25) is 0 Å². The van der Waals surface area contributed by atoms with E-state index in [2.05, 4.69) is 4.98 Å². The Morgan fingerprint density at radius 3 is 2.42 bits per heavy atom. The molecule has 0 aliphatic carbocycles. The van der Waals surface area contributed by atoms with Gasteiger partial charge in [0.05, 0.1) is 4.90 Å². The molecule has 1 aromatic rings. The Balaban J connectivity index is 0.00000121. The van der Waals surface area contributed by atoms with E-state index in [-0.39, 0.29) is 24.0 Å². The fraction of sp³-hybridized carbons (Fsp3) is 0. The molecule has 0 spiro atoms. The van der Waals surface area contributed by atoms with Crippen molar-refractivity contribution >= 4 is 21.7 Å². The van der Waals surface area contributed by atoms with Crippen LogP contribution in [0.4, 0.5) is 0 Å². The molecule has 1 heterocycles. The Labute approximate surface area is 86.9 Å². The van der Waals surface area contributed by atoms with Crippen LogP contribution in [-0.4, -0.2) is 18.0 Å². The van der Waals surface area contributed by atoms with Crippen LogP contribution in [-0.2, 0) is 10.1 Å². The molecule has 0 radical (unpaired) electrons. The van der Waals surface area contributed by atoms with E-state index in [1.165, 1.54) is 12.3 Å². The molecule has 1 rings (SSSR count). The van der Waals surface area contributed by atoms with Crippen LogP contribution in [0.5, 0.6) is 0 Å². The fourth-order valence-electron chi connectivity index (χ4n) is 0.558. The van der Waals surface area contributed by atoms with Gasteiger partial charge in [0.15, 0.2) is 0 Å². The second-order valence-corrected chi connectivity index (χ2v) is 3.45. The first-order chi connectivity index (χ1) is 5.02. The minimum atomic E-state index is -4.48. The van der Waals surface area contributed by atoms with Crippen molar-refractivity contribution in [3.8, 4) is 0 Å². The molecular weight excluding hydrogens is 197 g/mol. The van der Waals surface area contributed by atoms with Crippen LogP contribution in [0.3, 0.4) is 0 Å². The molecule has 12 heavy (non-hydrogen) atoms.